The smallest absolute Gasteiger partial charge is 0.232 e. The van der Waals surface area contributed by atoms with Gasteiger partial charge in [-0.3, -0.25) is 4.79 Å². The highest BCUT2D eigenvalue weighted by Crippen LogP contribution is 2.31. The maximum absolute atomic E-state index is 13.1. The summed E-state index contributed by atoms with van der Waals surface area (Å²) in [5.74, 6) is -1.95. The standard InChI is InChI=1S/C12H11ClF2O/c1-3-6-12(2,11(13)16)8-4-5-9(14)10(15)7-8/h3-5,7H,1,6H2,2H3. The summed E-state index contributed by atoms with van der Waals surface area (Å²) >= 11 is 5.49. The molecule has 0 aliphatic heterocycles. The Bertz CT molecular complexity index is 431. The summed E-state index contributed by atoms with van der Waals surface area (Å²) in [6, 6.07) is 3.31. The Morgan fingerprint density at radius 2 is 2.12 bits per heavy atom. The fourth-order valence-electron chi connectivity index (χ4n) is 1.44. The third-order valence-electron chi connectivity index (χ3n) is 2.54. The van der Waals surface area contributed by atoms with Crippen molar-refractivity contribution >= 4 is 16.8 Å². The van der Waals surface area contributed by atoms with Crippen LogP contribution < -0.4 is 0 Å². The van der Waals surface area contributed by atoms with E-state index in [2.05, 4.69) is 6.58 Å². The first-order chi connectivity index (χ1) is 7.41. The molecule has 16 heavy (non-hydrogen) atoms. The van der Waals surface area contributed by atoms with Crippen LogP contribution in [0.15, 0.2) is 30.9 Å². The summed E-state index contributed by atoms with van der Waals surface area (Å²) in [6.45, 7) is 5.08. The number of carbonyl (C=O) groups is 1. The second kappa shape index (κ2) is 4.74. The summed E-state index contributed by atoms with van der Waals surface area (Å²) < 4.78 is 25.8. The number of hydrogen-bond donors (Lipinski definition) is 0. The van der Waals surface area contributed by atoms with Gasteiger partial charge in [-0.15, -0.1) is 6.58 Å². The van der Waals surface area contributed by atoms with Crippen LogP contribution in [0.2, 0.25) is 0 Å². The van der Waals surface area contributed by atoms with Crippen LogP contribution >= 0.6 is 11.6 Å². The first-order valence-electron chi connectivity index (χ1n) is 4.68. The predicted octanol–water partition coefficient (Wildman–Crippen LogP) is 3.56. The Morgan fingerprint density at radius 1 is 1.50 bits per heavy atom. The van der Waals surface area contributed by atoms with Crippen LogP contribution in [0.3, 0.4) is 0 Å². The van der Waals surface area contributed by atoms with E-state index >= 15 is 0 Å². The zero-order chi connectivity index (χ0) is 12.3. The summed E-state index contributed by atoms with van der Waals surface area (Å²) in [5.41, 5.74) is -0.732. The lowest BCUT2D eigenvalue weighted by Crippen LogP contribution is -2.28. The number of halogens is 3. The second-order valence-corrected chi connectivity index (χ2v) is 4.07. The zero-order valence-corrected chi connectivity index (χ0v) is 9.52. The van der Waals surface area contributed by atoms with Gasteiger partial charge in [-0.2, -0.15) is 0 Å². The van der Waals surface area contributed by atoms with Crippen molar-refractivity contribution in [3.63, 3.8) is 0 Å². The Hall–Kier alpha value is -1.22. The van der Waals surface area contributed by atoms with Crippen molar-refractivity contribution in [2.24, 2.45) is 0 Å². The van der Waals surface area contributed by atoms with Gasteiger partial charge in [0, 0.05) is 0 Å². The van der Waals surface area contributed by atoms with Crippen molar-refractivity contribution in [2.45, 2.75) is 18.8 Å². The van der Waals surface area contributed by atoms with Crippen LogP contribution in [0.4, 0.5) is 8.78 Å². The van der Waals surface area contributed by atoms with Crippen molar-refractivity contribution in [3.05, 3.63) is 48.1 Å². The highest BCUT2D eigenvalue weighted by molar-refractivity contribution is 6.65. The van der Waals surface area contributed by atoms with E-state index in [9.17, 15) is 13.6 Å². The van der Waals surface area contributed by atoms with Crippen LogP contribution in [0.25, 0.3) is 0 Å². The lowest BCUT2D eigenvalue weighted by molar-refractivity contribution is -0.116. The Morgan fingerprint density at radius 3 is 2.56 bits per heavy atom. The lowest BCUT2D eigenvalue weighted by atomic mass is 9.80. The maximum atomic E-state index is 13.1. The fraction of sp³-hybridized carbons (Fsp3) is 0.250. The number of rotatable bonds is 4. The first-order valence-corrected chi connectivity index (χ1v) is 5.06. The lowest BCUT2D eigenvalue weighted by Gasteiger charge is -2.24. The Labute approximate surface area is 97.7 Å². The van der Waals surface area contributed by atoms with E-state index in [-0.39, 0.29) is 6.42 Å². The quantitative estimate of drug-likeness (QED) is 0.585. The molecule has 0 N–H and O–H groups in total. The van der Waals surface area contributed by atoms with Gasteiger partial charge < -0.3 is 0 Å². The van der Waals surface area contributed by atoms with Gasteiger partial charge in [0.25, 0.3) is 0 Å². The van der Waals surface area contributed by atoms with E-state index in [0.29, 0.717) is 5.56 Å². The van der Waals surface area contributed by atoms with E-state index in [1.807, 2.05) is 0 Å². The van der Waals surface area contributed by atoms with E-state index in [4.69, 9.17) is 11.6 Å². The van der Waals surface area contributed by atoms with E-state index in [1.54, 1.807) is 6.92 Å². The summed E-state index contributed by atoms with van der Waals surface area (Å²) in [7, 11) is 0. The fourth-order valence-corrected chi connectivity index (χ4v) is 1.63. The van der Waals surface area contributed by atoms with Crippen molar-refractivity contribution in [3.8, 4) is 0 Å². The molecule has 0 aromatic heterocycles. The number of allylic oxidation sites excluding steroid dienone is 1. The average molecular weight is 245 g/mol. The number of carbonyl (C=O) groups excluding carboxylic acids is 1. The summed E-state index contributed by atoms with van der Waals surface area (Å²) in [6.07, 6.45) is 1.78. The van der Waals surface area contributed by atoms with Gasteiger partial charge in [0.05, 0.1) is 5.41 Å². The molecule has 0 bridgehead atoms. The zero-order valence-electron chi connectivity index (χ0n) is 8.77. The van der Waals surface area contributed by atoms with Gasteiger partial charge in [0.15, 0.2) is 11.6 Å². The van der Waals surface area contributed by atoms with Crippen molar-refractivity contribution in [1.29, 1.82) is 0 Å². The molecule has 4 heteroatoms. The molecule has 0 saturated carbocycles. The molecule has 0 aliphatic carbocycles. The van der Waals surface area contributed by atoms with Crippen LogP contribution in [0.5, 0.6) is 0 Å². The van der Waals surface area contributed by atoms with Gasteiger partial charge in [-0.1, -0.05) is 12.1 Å². The van der Waals surface area contributed by atoms with Crippen LogP contribution in [-0.4, -0.2) is 5.24 Å². The molecular weight excluding hydrogens is 234 g/mol. The van der Waals surface area contributed by atoms with Crippen LogP contribution in [0.1, 0.15) is 18.9 Å². The molecular formula is C12H11ClF2O. The SMILES string of the molecule is C=CCC(C)(C(=O)Cl)c1ccc(F)c(F)c1. The third-order valence-corrected chi connectivity index (χ3v) is 2.96. The Kier molecular flexibility index (Phi) is 3.81. The molecule has 1 aromatic carbocycles. The van der Waals surface area contributed by atoms with Gasteiger partial charge in [-0.25, -0.2) is 8.78 Å². The number of hydrogen-bond acceptors (Lipinski definition) is 1. The summed E-state index contributed by atoms with van der Waals surface area (Å²) in [4.78, 5) is 11.4. The van der Waals surface area contributed by atoms with Crippen LogP contribution in [-0.2, 0) is 10.2 Å². The van der Waals surface area contributed by atoms with Crippen molar-refractivity contribution in [2.75, 3.05) is 0 Å². The molecule has 0 amide bonds. The van der Waals surface area contributed by atoms with Gasteiger partial charge >= 0.3 is 0 Å². The number of benzene rings is 1. The Balaban J connectivity index is 3.26. The molecule has 1 rings (SSSR count). The first kappa shape index (κ1) is 12.8. The molecule has 1 unspecified atom stereocenters. The largest absolute Gasteiger partial charge is 0.280 e. The average Bonchev–Trinajstić information content (AvgIpc) is 2.22. The van der Waals surface area contributed by atoms with Crippen molar-refractivity contribution < 1.29 is 13.6 Å². The highest BCUT2D eigenvalue weighted by atomic mass is 35.5. The molecule has 0 saturated heterocycles. The molecule has 1 aromatic rings. The minimum Gasteiger partial charge on any atom is -0.280 e. The molecule has 1 atom stereocenters. The van der Waals surface area contributed by atoms with Gasteiger partial charge in [0.2, 0.25) is 5.24 Å². The highest BCUT2D eigenvalue weighted by Gasteiger charge is 2.33. The minimum atomic E-state index is -1.07. The predicted molar refractivity (Wildman–Crippen MR) is 59.4 cm³/mol. The van der Waals surface area contributed by atoms with Crippen LogP contribution in [0, 0.1) is 11.6 Å². The van der Waals surface area contributed by atoms with Gasteiger partial charge in [0.1, 0.15) is 0 Å². The normalized spacial score (nSPS) is 14.2. The molecule has 0 aliphatic rings. The molecule has 86 valence electrons. The molecule has 0 spiro atoms. The van der Waals surface area contributed by atoms with E-state index in [1.165, 1.54) is 12.1 Å². The minimum absolute atomic E-state index is 0.264. The van der Waals surface area contributed by atoms with Gasteiger partial charge in [-0.05, 0) is 42.6 Å². The maximum Gasteiger partial charge on any atom is 0.232 e. The van der Waals surface area contributed by atoms with E-state index < -0.39 is 22.3 Å². The topological polar surface area (TPSA) is 17.1 Å². The molecule has 0 heterocycles. The molecule has 0 radical (unpaired) electrons. The van der Waals surface area contributed by atoms with Crippen molar-refractivity contribution in [1.82, 2.24) is 0 Å². The third kappa shape index (κ3) is 2.30. The molecule has 1 nitrogen and oxygen atoms in total. The summed E-state index contributed by atoms with van der Waals surface area (Å²) in [5, 5.41) is -0.626. The molecule has 0 fully saturated rings. The van der Waals surface area contributed by atoms with E-state index in [0.717, 1.165) is 12.1 Å². The second-order valence-electron chi connectivity index (χ2n) is 3.73. The monoisotopic (exact) mass is 244 g/mol.